The Labute approximate surface area is 106 Å². The van der Waals surface area contributed by atoms with Crippen LogP contribution >= 0.6 is 0 Å². The molecule has 2 N–H and O–H groups in total. The van der Waals surface area contributed by atoms with Crippen molar-refractivity contribution in [1.29, 1.82) is 0 Å². The van der Waals surface area contributed by atoms with Crippen LogP contribution in [0.25, 0.3) is 0 Å². The lowest BCUT2D eigenvalue weighted by Crippen LogP contribution is -2.37. The van der Waals surface area contributed by atoms with Crippen LogP contribution in [0.5, 0.6) is 0 Å². The number of carbonyl (C=O) groups is 1. The lowest BCUT2D eigenvalue weighted by atomic mass is 10.1. The number of halogens is 2. The summed E-state index contributed by atoms with van der Waals surface area (Å²) < 4.78 is 26.5. The van der Waals surface area contributed by atoms with Crippen LogP contribution in [0.1, 0.15) is 27.2 Å². The van der Waals surface area contributed by atoms with Gasteiger partial charge in [-0.15, -0.1) is 0 Å². The minimum Gasteiger partial charge on any atom is -0.321 e. The number of carbonyl (C=O) groups excluding carboxylic acids is 1. The predicted molar refractivity (Wildman–Crippen MR) is 67.4 cm³/mol. The summed E-state index contributed by atoms with van der Waals surface area (Å²) in [6.07, 6.45) is 0.158. The first-order valence-corrected chi connectivity index (χ1v) is 5.78. The number of hydrogen-bond donors (Lipinski definition) is 2. The molecule has 3 nitrogen and oxygen atoms in total. The van der Waals surface area contributed by atoms with Crippen LogP contribution in [-0.2, 0) is 4.79 Å². The van der Waals surface area contributed by atoms with Crippen molar-refractivity contribution in [3.8, 4) is 0 Å². The molecule has 0 aliphatic carbocycles. The molecule has 5 heteroatoms. The van der Waals surface area contributed by atoms with Crippen molar-refractivity contribution >= 4 is 11.6 Å². The van der Waals surface area contributed by atoms with Crippen LogP contribution in [-0.4, -0.2) is 18.0 Å². The summed E-state index contributed by atoms with van der Waals surface area (Å²) in [4.78, 5) is 11.5. The van der Waals surface area contributed by atoms with Crippen LogP contribution in [0.15, 0.2) is 18.2 Å². The van der Waals surface area contributed by atoms with Crippen molar-refractivity contribution < 1.29 is 13.6 Å². The van der Waals surface area contributed by atoms with E-state index in [9.17, 15) is 13.6 Å². The Morgan fingerprint density at radius 1 is 1.22 bits per heavy atom. The summed E-state index contributed by atoms with van der Waals surface area (Å²) in [6, 6.07) is 3.46. The molecule has 0 saturated heterocycles. The summed E-state index contributed by atoms with van der Waals surface area (Å²) in [7, 11) is 0. The number of benzene rings is 1. The van der Waals surface area contributed by atoms with E-state index in [1.807, 2.05) is 20.8 Å². The zero-order valence-electron chi connectivity index (χ0n) is 10.8. The zero-order valence-corrected chi connectivity index (χ0v) is 10.8. The SMILES string of the molecule is CC(C)(C)NCCC(=O)Nc1c(F)cccc1F. The Hall–Kier alpha value is -1.49. The largest absolute Gasteiger partial charge is 0.321 e. The molecule has 0 atom stereocenters. The van der Waals surface area contributed by atoms with Crippen LogP contribution in [0.2, 0.25) is 0 Å². The van der Waals surface area contributed by atoms with Crippen molar-refractivity contribution in [1.82, 2.24) is 5.32 Å². The fraction of sp³-hybridized carbons (Fsp3) is 0.462. The Balaban J connectivity index is 2.50. The Morgan fingerprint density at radius 2 is 1.78 bits per heavy atom. The summed E-state index contributed by atoms with van der Waals surface area (Å²) >= 11 is 0. The number of nitrogens with one attached hydrogen (secondary N) is 2. The van der Waals surface area contributed by atoms with Gasteiger partial charge in [0.25, 0.3) is 0 Å². The van der Waals surface area contributed by atoms with Gasteiger partial charge in [-0.05, 0) is 32.9 Å². The molecule has 0 spiro atoms. The molecular weight excluding hydrogens is 238 g/mol. The van der Waals surface area contributed by atoms with E-state index in [1.54, 1.807) is 0 Å². The predicted octanol–water partition coefficient (Wildman–Crippen LogP) is 2.68. The normalized spacial score (nSPS) is 11.4. The van der Waals surface area contributed by atoms with E-state index in [0.717, 1.165) is 12.1 Å². The molecule has 1 rings (SSSR count). The third-order valence-corrected chi connectivity index (χ3v) is 2.23. The maximum absolute atomic E-state index is 13.3. The van der Waals surface area contributed by atoms with Gasteiger partial charge in [-0.25, -0.2) is 8.78 Å². The molecule has 0 heterocycles. The summed E-state index contributed by atoms with van der Waals surface area (Å²) in [5, 5.41) is 5.36. The Kier molecular flexibility index (Phi) is 4.78. The minimum absolute atomic E-state index is 0.0937. The lowest BCUT2D eigenvalue weighted by Gasteiger charge is -2.20. The highest BCUT2D eigenvalue weighted by molar-refractivity contribution is 5.91. The molecule has 1 amide bonds. The molecule has 0 aliphatic rings. The van der Waals surface area contributed by atoms with Crippen molar-refractivity contribution in [2.24, 2.45) is 0 Å². The van der Waals surface area contributed by atoms with Gasteiger partial charge in [-0.1, -0.05) is 6.07 Å². The van der Waals surface area contributed by atoms with E-state index in [-0.39, 0.29) is 12.0 Å². The highest BCUT2D eigenvalue weighted by Crippen LogP contribution is 2.17. The monoisotopic (exact) mass is 256 g/mol. The third-order valence-electron chi connectivity index (χ3n) is 2.23. The second-order valence-corrected chi connectivity index (χ2v) is 5.07. The smallest absolute Gasteiger partial charge is 0.225 e. The van der Waals surface area contributed by atoms with Crippen LogP contribution in [0.3, 0.4) is 0 Å². The summed E-state index contributed by atoms with van der Waals surface area (Å²) in [5.41, 5.74) is -0.484. The molecule has 0 bridgehead atoms. The molecular formula is C13H18F2N2O. The van der Waals surface area contributed by atoms with Gasteiger partial charge in [-0.2, -0.15) is 0 Å². The number of anilines is 1. The van der Waals surface area contributed by atoms with Gasteiger partial charge in [0.05, 0.1) is 0 Å². The van der Waals surface area contributed by atoms with Gasteiger partial charge in [0.1, 0.15) is 17.3 Å². The van der Waals surface area contributed by atoms with Gasteiger partial charge in [0.2, 0.25) is 5.91 Å². The molecule has 18 heavy (non-hydrogen) atoms. The van der Waals surface area contributed by atoms with Gasteiger partial charge in [0, 0.05) is 18.5 Å². The van der Waals surface area contributed by atoms with Crippen molar-refractivity contribution in [3.05, 3.63) is 29.8 Å². The lowest BCUT2D eigenvalue weighted by molar-refractivity contribution is -0.116. The molecule has 0 radical (unpaired) electrons. The van der Waals surface area contributed by atoms with E-state index in [2.05, 4.69) is 10.6 Å². The van der Waals surface area contributed by atoms with E-state index < -0.39 is 23.2 Å². The molecule has 0 aromatic heterocycles. The number of rotatable bonds is 4. The van der Waals surface area contributed by atoms with Gasteiger partial charge >= 0.3 is 0 Å². The second kappa shape index (κ2) is 5.91. The average Bonchev–Trinajstić information content (AvgIpc) is 2.22. The molecule has 0 saturated carbocycles. The van der Waals surface area contributed by atoms with Crippen LogP contribution < -0.4 is 10.6 Å². The van der Waals surface area contributed by atoms with Crippen LogP contribution in [0.4, 0.5) is 14.5 Å². The summed E-state index contributed by atoms with van der Waals surface area (Å²) in [5.74, 6) is -1.96. The van der Waals surface area contributed by atoms with E-state index in [1.165, 1.54) is 6.07 Å². The molecule has 0 fully saturated rings. The Bertz CT molecular complexity index is 407. The first-order chi connectivity index (χ1) is 8.29. The van der Waals surface area contributed by atoms with E-state index in [0.29, 0.717) is 6.54 Å². The minimum atomic E-state index is -0.771. The number of para-hydroxylation sites is 1. The highest BCUT2D eigenvalue weighted by atomic mass is 19.1. The highest BCUT2D eigenvalue weighted by Gasteiger charge is 2.13. The van der Waals surface area contributed by atoms with E-state index in [4.69, 9.17) is 0 Å². The van der Waals surface area contributed by atoms with Gasteiger partial charge < -0.3 is 10.6 Å². The Morgan fingerprint density at radius 3 is 2.28 bits per heavy atom. The topological polar surface area (TPSA) is 41.1 Å². The zero-order chi connectivity index (χ0) is 13.8. The summed E-state index contributed by atoms with van der Waals surface area (Å²) in [6.45, 7) is 6.37. The van der Waals surface area contributed by atoms with Gasteiger partial charge in [0.15, 0.2) is 0 Å². The van der Waals surface area contributed by atoms with Crippen LogP contribution in [0, 0.1) is 11.6 Å². The van der Waals surface area contributed by atoms with E-state index >= 15 is 0 Å². The first-order valence-electron chi connectivity index (χ1n) is 5.78. The fourth-order valence-corrected chi connectivity index (χ4v) is 1.37. The fourth-order valence-electron chi connectivity index (χ4n) is 1.37. The van der Waals surface area contributed by atoms with Crippen molar-refractivity contribution in [3.63, 3.8) is 0 Å². The van der Waals surface area contributed by atoms with Crippen molar-refractivity contribution in [2.45, 2.75) is 32.7 Å². The maximum Gasteiger partial charge on any atom is 0.225 e. The second-order valence-electron chi connectivity index (χ2n) is 5.07. The molecule has 1 aromatic carbocycles. The molecule has 0 unspecified atom stereocenters. The quantitative estimate of drug-likeness (QED) is 0.869. The standard InChI is InChI=1S/C13H18F2N2O/c1-13(2,3)16-8-7-11(18)17-12-9(14)5-4-6-10(12)15/h4-6,16H,7-8H2,1-3H3,(H,17,18). The third kappa shape index (κ3) is 4.79. The first kappa shape index (κ1) is 14.6. The molecule has 100 valence electrons. The molecule has 0 aliphatic heterocycles. The number of hydrogen-bond acceptors (Lipinski definition) is 2. The molecule has 1 aromatic rings. The van der Waals surface area contributed by atoms with Gasteiger partial charge in [-0.3, -0.25) is 4.79 Å². The average molecular weight is 256 g/mol. The van der Waals surface area contributed by atoms with Crippen molar-refractivity contribution in [2.75, 3.05) is 11.9 Å². The maximum atomic E-state index is 13.3. The number of amides is 1.